The van der Waals surface area contributed by atoms with E-state index in [0.29, 0.717) is 10.5 Å². The van der Waals surface area contributed by atoms with Crippen molar-refractivity contribution >= 4 is 29.1 Å². The smallest absolute Gasteiger partial charge is 0.268 e. The number of amides is 2. The summed E-state index contributed by atoms with van der Waals surface area (Å²) < 4.78 is 5.20. The maximum atomic E-state index is 13.4. The lowest BCUT2D eigenvalue weighted by molar-refractivity contribution is -0.137. The first-order valence-corrected chi connectivity index (χ1v) is 10.8. The monoisotopic (exact) mass is 429 g/mol. The molecule has 3 aromatic rings. The minimum Gasteiger partial charge on any atom is -0.497 e. The van der Waals surface area contributed by atoms with Gasteiger partial charge in [0.25, 0.3) is 11.8 Å². The Kier molecular flexibility index (Phi) is 5.96. The predicted molar refractivity (Wildman–Crippen MR) is 124 cm³/mol. The fraction of sp³-hybridized carbons (Fsp3) is 0.154. The van der Waals surface area contributed by atoms with Crippen LogP contribution in [0.3, 0.4) is 0 Å². The van der Waals surface area contributed by atoms with Crippen LogP contribution in [0.4, 0.5) is 0 Å². The molecule has 0 bridgehead atoms. The number of carbonyl (C=O) groups is 2. The van der Waals surface area contributed by atoms with E-state index in [1.165, 1.54) is 16.7 Å². The average Bonchev–Trinajstić information content (AvgIpc) is 3.01. The zero-order chi connectivity index (χ0) is 22.0. The molecule has 0 unspecified atom stereocenters. The second-order valence-electron chi connectivity index (χ2n) is 7.46. The fourth-order valence-corrected chi connectivity index (χ4v) is 4.50. The number of ether oxygens (including phenoxy) is 1. The third kappa shape index (κ3) is 4.28. The lowest BCUT2D eigenvalue weighted by Gasteiger charge is -2.15. The van der Waals surface area contributed by atoms with Gasteiger partial charge in [-0.1, -0.05) is 60.3 Å². The largest absolute Gasteiger partial charge is 0.497 e. The molecule has 156 valence electrons. The van der Waals surface area contributed by atoms with Crippen molar-refractivity contribution in [1.82, 2.24) is 4.90 Å². The summed E-state index contributed by atoms with van der Waals surface area (Å²) in [5.41, 5.74) is 4.34. The summed E-state index contributed by atoms with van der Waals surface area (Å²) in [7, 11) is 1.61. The van der Waals surface area contributed by atoms with E-state index >= 15 is 0 Å². The summed E-state index contributed by atoms with van der Waals surface area (Å²) in [6, 6.07) is 23.0. The van der Waals surface area contributed by atoms with Gasteiger partial charge in [0.15, 0.2) is 0 Å². The first-order valence-electron chi connectivity index (χ1n) is 10.0. The molecule has 0 atom stereocenters. The first kappa shape index (κ1) is 20.9. The molecule has 4 nitrogen and oxygen atoms in total. The molecular weight excluding hydrogens is 406 g/mol. The highest BCUT2D eigenvalue weighted by Gasteiger charge is 2.39. The number of nitrogens with zero attached hydrogens (tertiary/aromatic N) is 1. The van der Waals surface area contributed by atoms with Gasteiger partial charge in [0.1, 0.15) is 5.75 Å². The second-order valence-corrected chi connectivity index (χ2v) is 8.55. The lowest BCUT2D eigenvalue weighted by Crippen LogP contribution is -2.30. The van der Waals surface area contributed by atoms with Gasteiger partial charge in [-0.05, 0) is 60.4 Å². The van der Waals surface area contributed by atoms with E-state index in [2.05, 4.69) is 0 Å². The Hall–Kier alpha value is -3.31. The highest BCUT2D eigenvalue weighted by Crippen LogP contribution is 2.40. The Balaban J connectivity index is 1.72. The Labute approximate surface area is 186 Å². The van der Waals surface area contributed by atoms with Gasteiger partial charge < -0.3 is 4.74 Å². The van der Waals surface area contributed by atoms with Crippen molar-refractivity contribution in [2.75, 3.05) is 7.11 Å². The van der Waals surface area contributed by atoms with Crippen molar-refractivity contribution in [3.63, 3.8) is 0 Å². The van der Waals surface area contributed by atoms with Gasteiger partial charge in [-0.25, -0.2) is 0 Å². The Morgan fingerprint density at radius 1 is 0.839 bits per heavy atom. The van der Waals surface area contributed by atoms with Crippen LogP contribution in [0.1, 0.15) is 22.3 Å². The van der Waals surface area contributed by atoms with E-state index in [0.717, 1.165) is 32.9 Å². The van der Waals surface area contributed by atoms with Crippen LogP contribution < -0.4 is 4.74 Å². The van der Waals surface area contributed by atoms with Crippen LogP contribution in [0.5, 0.6) is 5.75 Å². The van der Waals surface area contributed by atoms with Crippen molar-refractivity contribution in [2.24, 2.45) is 0 Å². The lowest BCUT2D eigenvalue weighted by atomic mass is 10.0. The quantitative estimate of drug-likeness (QED) is 0.493. The first-order chi connectivity index (χ1) is 15.0. The van der Waals surface area contributed by atoms with E-state index in [1.54, 1.807) is 7.11 Å². The van der Waals surface area contributed by atoms with Crippen molar-refractivity contribution in [3.05, 3.63) is 100.0 Å². The van der Waals surface area contributed by atoms with Crippen molar-refractivity contribution in [3.8, 4) is 5.75 Å². The van der Waals surface area contributed by atoms with Gasteiger partial charge in [-0.15, -0.1) is 0 Å². The number of benzene rings is 3. The van der Waals surface area contributed by atoms with Gasteiger partial charge >= 0.3 is 0 Å². The fourth-order valence-electron chi connectivity index (χ4n) is 3.46. The third-order valence-electron chi connectivity index (χ3n) is 5.38. The molecule has 1 aliphatic heterocycles. The normalized spacial score (nSPS) is 13.8. The Morgan fingerprint density at radius 3 is 2.19 bits per heavy atom. The molecule has 0 saturated carbocycles. The molecule has 0 aliphatic carbocycles. The number of thioether (sulfide) groups is 1. The summed E-state index contributed by atoms with van der Waals surface area (Å²) >= 11 is 1.34. The minimum absolute atomic E-state index is 0.217. The molecule has 0 fully saturated rings. The summed E-state index contributed by atoms with van der Waals surface area (Å²) in [6.45, 7) is 4.26. The molecule has 0 saturated heterocycles. The number of imide groups is 1. The molecule has 1 aliphatic rings. The zero-order valence-electron chi connectivity index (χ0n) is 17.7. The van der Waals surface area contributed by atoms with Gasteiger partial charge in [-0.2, -0.15) is 0 Å². The third-order valence-corrected chi connectivity index (χ3v) is 6.47. The summed E-state index contributed by atoms with van der Waals surface area (Å²) in [5.74, 6) is 0.211. The van der Waals surface area contributed by atoms with Gasteiger partial charge in [0, 0.05) is 4.90 Å². The van der Waals surface area contributed by atoms with E-state index in [4.69, 9.17) is 4.74 Å². The Bertz CT molecular complexity index is 1170. The Morgan fingerprint density at radius 2 is 1.55 bits per heavy atom. The average molecular weight is 430 g/mol. The van der Waals surface area contributed by atoms with E-state index in [-0.39, 0.29) is 18.4 Å². The molecule has 0 aromatic heterocycles. The van der Waals surface area contributed by atoms with Gasteiger partial charge in [0.05, 0.1) is 24.1 Å². The van der Waals surface area contributed by atoms with E-state index < -0.39 is 0 Å². The molecule has 0 N–H and O–H groups in total. The van der Waals surface area contributed by atoms with Gasteiger partial charge in [0.2, 0.25) is 0 Å². The van der Waals surface area contributed by atoms with Crippen LogP contribution in [0.2, 0.25) is 0 Å². The maximum Gasteiger partial charge on any atom is 0.268 e. The topological polar surface area (TPSA) is 46.6 Å². The molecule has 0 radical (unpaired) electrons. The van der Waals surface area contributed by atoms with E-state index in [9.17, 15) is 9.59 Å². The maximum absolute atomic E-state index is 13.4. The summed E-state index contributed by atoms with van der Waals surface area (Å²) in [5, 5.41) is 0. The van der Waals surface area contributed by atoms with Crippen LogP contribution in [0.25, 0.3) is 5.57 Å². The molecule has 0 spiro atoms. The van der Waals surface area contributed by atoms with Crippen LogP contribution in [-0.4, -0.2) is 23.8 Å². The summed E-state index contributed by atoms with van der Waals surface area (Å²) in [4.78, 5) is 29.6. The van der Waals surface area contributed by atoms with Crippen LogP contribution in [-0.2, 0) is 16.1 Å². The van der Waals surface area contributed by atoms with Crippen LogP contribution in [0.15, 0.2) is 82.6 Å². The number of aryl methyl sites for hydroxylation is 2. The van der Waals surface area contributed by atoms with Crippen molar-refractivity contribution < 1.29 is 14.3 Å². The van der Waals surface area contributed by atoms with Crippen LogP contribution >= 0.6 is 11.8 Å². The molecule has 4 rings (SSSR count). The number of carbonyl (C=O) groups excluding carboxylic acids is 2. The molecule has 5 heteroatoms. The van der Waals surface area contributed by atoms with Crippen molar-refractivity contribution in [1.29, 1.82) is 0 Å². The van der Waals surface area contributed by atoms with Gasteiger partial charge in [-0.3, -0.25) is 14.5 Å². The highest BCUT2D eigenvalue weighted by molar-refractivity contribution is 8.04. The molecular formula is C26H23NO3S. The number of methoxy groups -OCH3 is 1. The predicted octanol–water partition coefficient (Wildman–Crippen LogP) is 5.38. The molecule has 2 amide bonds. The SMILES string of the molecule is COc1ccc(CN2C(=O)C(Sc3ccccc3)=C(c3ccc(C)c(C)c3)C2=O)cc1. The molecule has 3 aromatic carbocycles. The van der Waals surface area contributed by atoms with E-state index in [1.807, 2.05) is 86.6 Å². The molecule has 31 heavy (non-hydrogen) atoms. The number of hydrogen-bond acceptors (Lipinski definition) is 4. The second kappa shape index (κ2) is 8.82. The zero-order valence-corrected chi connectivity index (χ0v) is 18.5. The molecule has 1 heterocycles. The number of hydrogen-bond donors (Lipinski definition) is 0. The number of rotatable bonds is 6. The van der Waals surface area contributed by atoms with Crippen molar-refractivity contribution in [2.45, 2.75) is 25.3 Å². The highest BCUT2D eigenvalue weighted by atomic mass is 32.2. The summed E-state index contributed by atoms with van der Waals surface area (Å²) in [6.07, 6.45) is 0. The van der Waals surface area contributed by atoms with Crippen LogP contribution in [0, 0.1) is 13.8 Å². The standard InChI is InChI=1S/C26H23NO3S/c1-17-9-12-20(15-18(17)2)23-24(31-22-7-5-4-6-8-22)26(29)27(25(23)28)16-19-10-13-21(30-3)14-11-19/h4-15H,16H2,1-3H3. The minimum atomic E-state index is -0.262.